The van der Waals surface area contributed by atoms with Crippen LogP contribution in [-0.4, -0.2) is 9.79 Å². The predicted molar refractivity (Wildman–Crippen MR) is 65.2 cm³/mol. The van der Waals surface area contributed by atoms with Crippen molar-refractivity contribution in [3.05, 3.63) is 29.8 Å². The van der Waals surface area contributed by atoms with Crippen molar-refractivity contribution in [2.24, 2.45) is 0 Å². The van der Waals surface area contributed by atoms with Gasteiger partial charge in [-0.05, 0) is 30.5 Å². The Bertz CT molecular complexity index is 392. The lowest BCUT2D eigenvalue weighted by molar-refractivity contribution is 0.315. The smallest absolute Gasteiger partial charge is 0.335 e. The summed E-state index contributed by atoms with van der Waals surface area (Å²) in [5.41, 5.74) is 6.81. The Labute approximate surface area is 95.6 Å². The standard InChI is InChI=1S/C11H18NO3P/c1-3-11(4-2,16(13,14)15)9-5-7-10(12)8-6-9/h5-8H,3-4,12H2,1-2H3,(H2,13,14,15). The molecule has 0 bridgehead atoms. The van der Waals surface area contributed by atoms with Gasteiger partial charge in [0.25, 0.3) is 0 Å². The van der Waals surface area contributed by atoms with Gasteiger partial charge in [-0.2, -0.15) is 0 Å². The molecule has 1 aromatic carbocycles. The summed E-state index contributed by atoms with van der Waals surface area (Å²) in [5.74, 6) is 0. The van der Waals surface area contributed by atoms with Crippen molar-refractivity contribution in [3.63, 3.8) is 0 Å². The first kappa shape index (κ1) is 13.2. The van der Waals surface area contributed by atoms with Gasteiger partial charge in [0.15, 0.2) is 0 Å². The topological polar surface area (TPSA) is 83.6 Å². The fourth-order valence-corrected chi connectivity index (χ4v) is 3.34. The van der Waals surface area contributed by atoms with E-state index in [4.69, 9.17) is 5.73 Å². The first-order valence-corrected chi connectivity index (χ1v) is 6.90. The van der Waals surface area contributed by atoms with Gasteiger partial charge in [0.05, 0.1) is 5.16 Å². The summed E-state index contributed by atoms with van der Waals surface area (Å²) in [4.78, 5) is 19.1. The van der Waals surface area contributed by atoms with Crippen molar-refractivity contribution in [2.75, 3.05) is 5.73 Å². The van der Waals surface area contributed by atoms with E-state index in [9.17, 15) is 14.4 Å². The Morgan fingerprint density at radius 1 is 1.19 bits per heavy atom. The molecule has 0 aromatic heterocycles. The lowest BCUT2D eigenvalue weighted by atomic mass is 9.92. The zero-order chi connectivity index (χ0) is 12.4. The van der Waals surface area contributed by atoms with Gasteiger partial charge in [-0.25, -0.2) is 0 Å². The van der Waals surface area contributed by atoms with Crippen molar-refractivity contribution < 1.29 is 14.4 Å². The minimum atomic E-state index is -4.18. The molecular formula is C11H18NO3P. The van der Waals surface area contributed by atoms with Crippen LogP contribution in [0.3, 0.4) is 0 Å². The number of nitrogens with two attached hydrogens (primary N) is 1. The molecule has 4 nitrogen and oxygen atoms in total. The molecule has 16 heavy (non-hydrogen) atoms. The van der Waals surface area contributed by atoms with Crippen LogP contribution in [-0.2, 0) is 9.72 Å². The van der Waals surface area contributed by atoms with E-state index < -0.39 is 12.8 Å². The number of nitrogen functional groups attached to an aromatic ring is 1. The van der Waals surface area contributed by atoms with E-state index in [1.807, 2.05) is 0 Å². The minimum Gasteiger partial charge on any atom is -0.399 e. The van der Waals surface area contributed by atoms with Crippen LogP contribution < -0.4 is 5.73 Å². The fourth-order valence-electron chi connectivity index (χ4n) is 2.03. The highest BCUT2D eigenvalue weighted by molar-refractivity contribution is 7.53. The molecular weight excluding hydrogens is 225 g/mol. The van der Waals surface area contributed by atoms with Gasteiger partial charge in [-0.3, -0.25) is 4.57 Å². The van der Waals surface area contributed by atoms with Crippen LogP contribution in [0.25, 0.3) is 0 Å². The van der Waals surface area contributed by atoms with Crippen LogP contribution in [0.4, 0.5) is 5.69 Å². The molecule has 0 atom stereocenters. The van der Waals surface area contributed by atoms with E-state index >= 15 is 0 Å². The molecule has 0 saturated carbocycles. The number of hydrogen-bond acceptors (Lipinski definition) is 2. The molecule has 0 spiro atoms. The van der Waals surface area contributed by atoms with Crippen LogP contribution in [0.5, 0.6) is 0 Å². The number of benzene rings is 1. The Morgan fingerprint density at radius 3 is 1.94 bits per heavy atom. The summed E-state index contributed by atoms with van der Waals surface area (Å²) in [5, 5.41) is -1.08. The molecule has 0 radical (unpaired) electrons. The molecule has 1 aromatic rings. The predicted octanol–water partition coefficient (Wildman–Crippen LogP) is 2.46. The molecule has 0 heterocycles. The maximum absolute atomic E-state index is 11.7. The van der Waals surface area contributed by atoms with Gasteiger partial charge in [0.2, 0.25) is 0 Å². The highest BCUT2D eigenvalue weighted by Crippen LogP contribution is 2.60. The normalized spacial score (nSPS) is 12.8. The molecule has 0 unspecified atom stereocenters. The summed E-state index contributed by atoms with van der Waals surface area (Å²) in [6, 6.07) is 6.74. The molecule has 1 rings (SSSR count). The lowest BCUT2D eigenvalue weighted by Crippen LogP contribution is -2.24. The second-order valence-corrected chi connectivity index (χ2v) is 5.85. The van der Waals surface area contributed by atoms with Crippen LogP contribution >= 0.6 is 7.60 Å². The van der Waals surface area contributed by atoms with E-state index in [-0.39, 0.29) is 0 Å². The molecule has 0 amide bonds. The molecule has 0 aliphatic rings. The summed E-state index contributed by atoms with van der Waals surface area (Å²) in [6.45, 7) is 3.58. The first-order valence-electron chi connectivity index (χ1n) is 5.29. The average molecular weight is 243 g/mol. The van der Waals surface area contributed by atoms with Crippen LogP contribution in [0, 0.1) is 0 Å². The molecule has 0 aliphatic heterocycles. The molecule has 90 valence electrons. The number of rotatable bonds is 4. The number of anilines is 1. The van der Waals surface area contributed by atoms with Crippen molar-refractivity contribution in [1.82, 2.24) is 0 Å². The Morgan fingerprint density at radius 2 is 1.62 bits per heavy atom. The summed E-state index contributed by atoms with van der Waals surface area (Å²) >= 11 is 0. The van der Waals surface area contributed by atoms with Gasteiger partial charge < -0.3 is 15.5 Å². The van der Waals surface area contributed by atoms with Crippen LogP contribution in [0.2, 0.25) is 0 Å². The fraction of sp³-hybridized carbons (Fsp3) is 0.455. The van der Waals surface area contributed by atoms with Gasteiger partial charge in [0.1, 0.15) is 0 Å². The molecule has 5 heteroatoms. The summed E-state index contributed by atoms with van der Waals surface area (Å²) in [7, 11) is -4.18. The third-order valence-electron chi connectivity index (χ3n) is 3.18. The van der Waals surface area contributed by atoms with Gasteiger partial charge in [-0.1, -0.05) is 26.0 Å². The maximum atomic E-state index is 11.7. The zero-order valence-corrected chi connectivity index (χ0v) is 10.4. The lowest BCUT2D eigenvalue weighted by Gasteiger charge is -2.32. The van der Waals surface area contributed by atoms with E-state index in [2.05, 4.69) is 0 Å². The Kier molecular flexibility index (Phi) is 3.79. The van der Waals surface area contributed by atoms with Gasteiger partial charge in [0, 0.05) is 5.69 Å². The quantitative estimate of drug-likeness (QED) is 0.560. The highest BCUT2D eigenvalue weighted by Gasteiger charge is 2.45. The van der Waals surface area contributed by atoms with Crippen molar-refractivity contribution in [1.29, 1.82) is 0 Å². The SMILES string of the molecule is CCC(CC)(c1ccc(N)cc1)P(=O)(O)O. The molecule has 4 N–H and O–H groups in total. The second-order valence-electron chi connectivity index (χ2n) is 3.90. The first-order chi connectivity index (χ1) is 7.37. The van der Waals surface area contributed by atoms with E-state index in [1.165, 1.54) is 0 Å². The van der Waals surface area contributed by atoms with Crippen LogP contribution in [0.15, 0.2) is 24.3 Å². The second kappa shape index (κ2) is 4.58. The molecule has 0 fully saturated rings. The van der Waals surface area contributed by atoms with Crippen molar-refractivity contribution in [2.45, 2.75) is 31.8 Å². The Balaban J connectivity index is 3.32. The molecule has 0 saturated heterocycles. The van der Waals surface area contributed by atoms with Gasteiger partial charge in [-0.15, -0.1) is 0 Å². The Hall–Kier alpha value is -0.830. The molecule has 0 aliphatic carbocycles. The minimum absolute atomic E-state index is 0.400. The van der Waals surface area contributed by atoms with Crippen molar-refractivity contribution >= 4 is 13.3 Å². The number of hydrogen-bond donors (Lipinski definition) is 3. The summed E-state index contributed by atoms with van der Waals surface area (Å²) < 4.78 is 11.7. The highest BCUT2D eigenvalue weighted by atomic mass is 31.2. The van der Waals surface area contributed by atoms with E-state index in [1.54, 1.807) is 38.1 Å². The van der Waals surface area contributed by atoms with Gasteiger partial charge >= 0.3 is 7.60 Å². The third-order valence-corrected chi connectivity index (χ3v) is 5.18. The van der Waals surface area contributed by atoms with E-state index in [0.717, 1.165) is 0 Å². The largest absolute Gasteiger partial charge is 0.399 e. The average Bonchev–Trinajstić information content (AvgIpc) is 2.21. The maximum Gasteiger partial charge on any atom is 0.335 e. The van der Waals surface area contributed by atoms with Crippen molar-refractivity contribution in [3.8, 4) is 0 Å². The van der Waals surface area contributed by atoms with Crippen LogP contribution in [0.1, 0.15) is 32.3 Å². The zero-order valence-electron chi connectivity index (χ0n) is 9.55. The van der Waals surface area contributed by atoms with E-state index in [0.29, 0.717) is 24.1 Å². The summed E-state index contributed by atoms with van der Waals surface area (Å²) in [6.07, 6.45) is 0.801. The third kappa shape index (κ3) is 2.14. The monoisotopic (exact) mass is 243 g/mol.